The molecule has 1 aromatic rings. The van der Waals surface area contributed by atoms with E-state index < -0.39 is 0 Å². The number of hydrogen-bond donors (Lipinski definition) is 2. The zero-order valence-electron chi connectivity index (χ0n) is 8.36. The summed E-state index contributed by atoms with van der Waals surface area (Å²) >= 11 is 4.16. The molecule has 1 aromatic carbocycles. The highest BCUT2D eigenvalue weighted by molar-refractivity contribution is 7.80. The smallest absolute Gasteiger partial charge is 0.123 e. The third-order valence-corrected chi connectivity index (χ3v) is 2.43. The maximum Gasteiger partial charge on any atom is 0.123 e. The number of nitrogens with two attached hydrogens (primary N) is 1. The van der Waals surface area contributed by atoms with E-state index in [0.717, 1.165) is 17.1 Å². The lowest BCUT2D eigenvalue weighted by Gasteiger charge is -2.14. The molecule has 0 saturated carbocycles. The molecule has 3 nitrogen and oxygen atoms in total. The summed E-state index contributed by atoms with van der Waals surface area (Å²) in [5.41, 5.74) is 6.80. The van der Waals surface area contributed by atoms with Crippen molar-refractivity contribution in [2.24, 2.45) is 5.73 Å². The maximum atomic E-state index is 5.88. The fraction of sp³-hybridized carbons (Fsp3) is 0.400. The van der Waals surface area contributed by atoms with Crippen LogP contribution in [0, 0.1) is 0 Å². The number of ether oxygens (including phenoxy) is 2. The van der Waals surface area contributed by atoms with Gasteiger partial charge in [0, 0.05) is 17.4 Å². The molecule has 0 aliphatic carbocycles. The molecule has 1 unspecified atom stereocenters. The molecule has 0 radical (unpaired) electrons. The topological polar surface area (TPSA) is 44.5 Å². The normalized spacial score (nSPS) is 12.3. The molecule has 0 aliphatic rings. The van der Waals surface area contributed by atoms with Crippen molar-refractivity contribution in [3.8, 4) is 11.5 Å². The van der Waals surface area contributed by atoms with Gasteiger partial charge < -0.3 is 15.2 Å². The van der Waals surface area contributed by atoms with Crippen molar-refractivity contribution >= 4 is 12.6 Å². The molecule has 0 bridgehead atoms. The quantitative estimate of drug-likeness (QED) is 0.747. The van der Waals surface area contributed by atoms with E-state index in [1.54, 1.807) is 14.2 Å². The van der Waals surface area contributed by atoms with Gasteiger partial charge in [-0.25, -0.2) is 0 Å². The Morgan fingerprint density at radius 3 is 2.57 bits per heavy atom. The Morgan fingerprint density at radius 2 is 2.07 bits per heavy atom. The molecular formula is C10H15NO2S. The third kappa shape index (κ3) is 2.33. The minimum atomic E-state index is -0.136. The maximum absolute atomic E-state index is 5.88. The van der Waals surface area contributed by atoms with Gasteiger partial charge in [0.25, 0.3) is 0 Å². The molecule has 14 heavy (non-hydrogen) atoms. The van der Waals surface area contributed by atoms with Crippen LogP contribution in [0.3, 0.4) is 0 Å². The lowest BCUT2D eigenvalue weighted by atomic mass is 10.1. The standard InChI is InChI=1S/C10H15NO2S/c1-12-7-3-4-10(13-2)8(5-7)9(11)6-14/h3-5,9,14H,6,11H2,1-2H3. The molecule has 4 heteroatoms. The summed E-state index contributed by atoms with van der Waals surface area (Å²) in [7, 11) is 3.24. The zero-order valence-corrected chi connectivity index (χ0v) is 9.25. The van der Waals surface area contributed by atoms with E-state index in [1.165, 1.54) is 0 Å². The van der Waals surface area contributed by atoms with Crippen LogP contribution >= 0.6 is 12.6 Å². The average Bonchev–Trinajstić information content (AvgIpc) is 2.27. The summed E-state index contributed by atoms with van der Waals surface area (Å²) < 4.78 is 10.3. The first-order valence-electron chi connectivity index (χ1n) is 4.31. The van der Waals surface area contributed by atoms with Crippen molar-refractivity contribution in [3.63, 3.8) is 0 Å². The number of rotatable bonds is 4. The van der Waals surface area contributed by atoms with Crippen LogP contribution in [0.4, 0.5) is 0 Å². The molecule has 0 aliphatic heterocycles. The summed E-state index contributed by atoms with van der Waals surface area (Å²) in [6.45, 7) is 0. The molecule has 0 saturated heterocycles. The highest BCUT2D eigenvalue weighted by Crippen LogP contribution is 2.28. The Morgan fingerprint density at radius 1 is 1.36 bits per heavy atom. The van der Waals surface area contributed by atoms with E-state index in [-0.39, 0.29) is 6.04 Å². The molecule has 1 rings (SSSR count). The van der Waals surface area contributed by atoms with E-state index >= 15 is 0 Å². The Bertz CT molecular complexity index is 304. The lowest BCUT2D eigenvalue weighted by Crippen LogP contribution is -2.13. The lowest BCUT2D eigenvalue weighted by molar-refractivity contribution is 0.396. The fourth-order valence-electron chi connectivity index (χ4n) is 1.23. The Kier molecular flexibility index (Phi) is 4.10. The van der Waals surface area contributed by atoms with Gasteiger partial charge in [-0.2, -0.15) is 12.6 Å². The second-order valence-corrected chi connectivity index (χ2v) is 3.26. The van der Waals surface area contributed by atoms with Gasteiger partial charge in [-0.15, -0.1) is 0 Å². The molecule has 2 N–H and O–H groups in total. The summed E-state index contributed by atoms with van der Waals surface area (Å²) in [4.78, 5) is 0. The first-order chi connectivity index (χ1) is 6.72. The largest absolute Gasteiger partial charge is 0.497 e. The van der Waals surface area contributed by atoms with Crippen molar-refractivity contribution in [1.29, 1.82) is 0 Å². The highest BCUT2D eigenvalue weighted by atomic mass is 32.1. The Balaban J connectivity index is 3.08. The van der Waals surface area contributed by atoms with Crippen molar-refractivity contribution in [1.82, 2.24) is 0 Å². The summed E-state index contributed by atoms with van der Waals surface area (Å²) in [5, 5.41) is 0. The second-order valence-electron chi connectivity index (χ2n) is 2.90. The monoisotopic (exact) mass is 213 g/mol. The predicted molar refractivity (Wildman–Crippen MR) is 60.3 cm³/mol. The van der Waals surface area contributed by atoms with Gasteiger partial charge in [-0.1, -0.05) is 0 Å². The van der Waals surface area contributed by atoms with Crippen molar-refractivity contribution < 1.29 is 9.47 Å². The summed E-state index contributed by atoms with van der Waals surface area (Å²) in [5.74, 6) is 2.12. The number of thiol groups is 1. The minimum absolute atomic E-state index is 0.136. The molecule has 0 spiro atoms. The molecular weight excluding hydrogens is 198 g/mol. The number of hydrogen-bond acceptors (Lipinski definition) is 4. The molecule has 1 atom stereocenters. The summed E-state index contributed by atoms with van der Waals surface area (Å²) in [6, 6.07) is 5.42. The Hall–Kier alpha value is -0.870. The van der Waals surface area contributed by atoms with E-state index in [1.807, 2.05) is 18.2 Å². The van der Waals surface area contributed by atoms with Gasteiger partial charge in [0.2, 0.25) is 0 Å². The zero-order chi connectivity index (χ0) is 10.6. The van der Waals surface area contributed by atoms with Gasteiger partial charge in [-0.3, -0.25) is 0 Å². The second kappa shape index (κ2) is 5.12. The van der Waals surface area contributed by atoms with Crippen LogP contribution in [0.5, 0.6) is 11.5 Å². The first-order valence-corrected chi connectivity index (χ1v) is 4.94. The minimum Gasteiger partial charge on any atom is -0.497 e. The Labute approximate surface area is 89.6 Å². The fourth-order valence-corrected chi connectivity index (χ4v) is 1.42. The van der Waals surface area contributed by atoms with Crippen molar-refractivity contribution in [2.75, 3.05) is 20.0 Å². The van der Waals surface area contributed by atoms with Crippen molar-refractivity contribution in [2.45, 2.75) is 6.04 Å². The molecule has 78 valence electrons. The number of benzene rings is 1. The predicted octanol–water partition coefficient (Wildman–Crippen LogP) is 1.63. The molecule has 0 heterocycles. The highest BCUT2D eigenvalue weighted by Gasteiger charge is 2.11. The van der Waals surface area contributed by atoms with Crippen LogP contribution in [0.25, 0.3) is 0 Å². The van der Waals surface area contributed by atoms with E-state index in [9.17, 15) is 0 Å². The van der Waals surface area contributed by atoms with Gasteiger partial charge >= 0.3 is 0 Å². The van der Waals surface area contributed by atoms with Crippen LogP contribution in [0.15, 0.2) is 18.2 Å². The van der Waals surface area contributed by atoms with Crippen LogP contribution in [0.2, 0.25) is 0 Å². The van der Waals surface area contributed by atoms with Crippen LogP contribution in [-0.2, 0) is 0 Å². The molecule has 0 aromatic heterocycles. The third-order valence-electron chi connectivity index (χ3n) is 2.03. The van der Waals surface area contributed by atoms with E-state index in [4.69, 9.17) is 15.2 Å². The van der Waals surface area contributed by atoms with Gasteiger partial charge in [0.1, 0.15) is 11.5 Å². The van der Waals surface area contributed by atoms with E-state index in [0.29, 0.717) is 5.75 Å². The van der Waals surface area contributed by atoms with Gasteiger partial charge in [0.15, 0.2) is 0 Å². The van der Waals surface area contributed by atoms with Crippen LogP contribution in [-0.4, -0.2) is 20.0 Å². The first kappa shape index (κ1) is 11.2. The van der Waals surface area contributed by atoms with E-state index in [2.05, 4.69) is 12.6 Å². The molecule has 0 fully saturated rings. The molecule has 0 amide bonds. The van der Waals surface area contributed by atoms with Gasteiger partial charge in [-0.05, 0) is 18.2 Å². The van der Waals surface area contributed by atoms with Crippen molar-refractivity contribution in [3.05, 3.63) is 23.8 Å². The van der Waals surface area contributed by atoms with Crippen LogP contribution < -0.4 is 15.2 Å². The SMILES string of the molecule is COc1ccc(OC)c(C(N)CS)c1. The average molecular weight is 213 g/mol. The van der Waals surface area contributed by atoms with Gasteiger partial charge in [0.05, 0.1) is 14.2 Å². The number of methoxy groups -OCH3 is 2. The van der Waals surface area contributed by atoms with Crippen LogP contribution in [0.1, 0.15) is 11.6 Å². The summed E-state index contributed by atoms with van der Waals surface area (Å²) in [6.07, 6.45) is 0.